The van der Waals surface area contributed by atoms with Crippen molar-refractivity contribution in [1.29, 1.82) is 5.26 Å². The van der Waals surface area contributed by atoms with Gasteiger partial charge in [0.15, 0.2) is 15.8 Å². The van der Waals surface area contributed by atoms with Crippen LogP contribution in [0.1, 0.15) is 12.8 Å². The molecule has 4 nitrogen and oxygen atoms in total. The van der Waals surface area contributed by atoms with Crippen LogP contribution in [0.15, 0.2) is 0 Å². The molecule has 2 unspecified atom stereocenters. The molecule has 1 heterocycles. The van der Waals surface area contributed by atoms with Crippen LogP contribution in [0.5, 0.6) is 0 Å². The monoisotopic (exact) mass is 270 g/mol. The second-order valence-corrected chi connectivity index (χ2v) is 6.41. The summed E-state index contributed by atoms with van der Waals surface area (Å²) in [6.45, 7) is -0.581. The normalized spacial score (nSPS) is 25.4. The van der Waals surface area contributed by atoms with E-state index >= 15 is 0 Å². The van der Waals surface area contributed by atoms with Crippen molar-refractivity contribution in [2.24, 2.45) is 5.92 Å². The summed E-state index contributed by atoms with van der Waals surface area (Å²) in [5, 5.41) is 10.1. The van der Waals surface area contributed by atoms with Gasteiger partial charge in [-0.3, -0.25) is 0 Å². The minimum absolute atomic E-state index is 0.0173. The van der Waals surface area contributed by atoms with Gasteiger partial charge in [-0.2, -0.15) is 18.4 Å². The number of hydrogen-bond acceptors (Lipinski definition) is 4. The van der Waals surface area contributed by atoms with Gasteiger partial charge in [-0.15, -0.1) is 0 Å². The van der Waals surface area contributed by atoms with Crippen LogP contribution in [-0.2, 0) is 9.84 Å². The maximum absolute atomic E-state index is 12.2. The molecule has 1 aliphatic rings. The predicted molar refractivity (Wildman–Crippen MR) is 54.8 cm³/mol. The molecule has 1 N–H and O–H groups in total. The van der Waals surface area contributed by atoms with Crippen molar-refractivity contribution in [3.8, 4) is 6.07 Å². The molecule has 1 rings (SSSR count). The maximum atomic E-state index is 12.2. The smallest absolute Gasteiger partial charge is 0.314 e. The Morgan fingerprint density at radius 3 is 2.53 bits per heavy atom. The predicted octanol–water partition coefficient (Wildman–Crippen LogP) is 0.855. The summed E-state index contributed by atoms with van der Waals surface area (Å²) < 4.78 is 59.3. The minimum atomic E-state index is -4.57. The third-order valence-electron chi connectivity index (χ3n) is 2.73. The van der Waals surface area contributed by atoms with E-state index in [9.17, 15) is 21.6 Å². The zero-order chi connectivity index (χ0) is 13.1. The first kappa shape index (κ1) is 14.3. The number of alkyl halides is 3. The number of nitrogens with one attached hydrogen (secondary N) is 1. The first-order valence-electron chi connectivity index (χ1n) is 5.16. The summed E-state index contributed by atoms with van der Waals surface area (Å²) in [5.74, 6) is -1.99. The van der Waals surface area contributed by atoms with Gasteiger partial charge in [0, 0.05) is 13.1 Å². The van der Waals surface area contributed by atoms with Crippen molar-refractivity contribution < 1.29 is 21.6 Å². The number of halogens is 3. The molecule has 0 saturated carbocycles. The van der Waals surface area contributed by atoms with Crippen LogP contribution in [-0.4, -0.2) is 38.7 Å². The van der Waals surface area contributed by atoms with Crippen molar-refractivity contribution in [2.45, 2.75) is 24.3 Å². The standard InChI is InChI=1S/C9H13F3N2O2S/c10-9(11,12)7(4-13)5-14-6-8-2-1-3-17(8,15)16/h7-8,14H,1-3,5-6H2. The fraction of sp³-hybridized carbons (Fsp3) is 0.889. The van der Waals surface area contributed by atoms with Crippen molar-refractivity contribution in [3.05, 3.63) is 0 Å². The van der Waals surface area contributed by atoms with Crippen molar-refractivity contribution >= 4 is 9.84 Å². The Morgan fingerprint density at radius 2 is 2.12 bits per heavy atom. The lowest BCUT2D eigenvalue weighted by Crippen LogP contribution is -2.37. The first-order valence-corrected chi connectivity index (χ1v) is 6.87. The molecule has 0 aromatic carbocycles. The summed E-state index contributed by atoms with van der Waals surface area (Å²) in [5.41, 5.74) is 0. The molecule has 98 valence electrons. The van der Waals surface area contributed by atoms with Crippen LogP contribution in [0.25, 0.3) is 0 Å². The summed E-state index contributed by atoms with van der Waals surface area (Å²) >= 11 is 0. The van der Waals surface area contributed by atoms with E-state index in [1.807, 2.05) is 0 Å². The van der Waals surface area contributed by atoms with Crippen LogP contribution >= 0.6 is 0 Å². The SMILES string of the molecule is N#CC(CNCC1CCCS1(=O)=O)C(F)(F)F. The van der Waals surface area contributed by atoms with Gasteiger partial charge >= 0.3 is 6.18 Å². The lowest BCUT2D eigenvalue weighted by atomic mass is 10.1. The molecule has 8 heteroatoms. The number of nitriles is 1. The second-order valence-electron chi connectivity index (χ2n) is 4.01. The van der Waals surface area contributed by atoms with Crippen LogP contribution in [0.4, 0.5) is 13.2 Å². The molecule has 1 fully saturated rings. The Kier molecular flexibility index (Phi) is 4.38. The van der Waals surface area contributed by atoms with E-state index in [-0.39, 0.29) is 12.3 Å². The van der Waals surface area contributed by atoms with E-state index in [0.29, 0.717) is 12.8 Å². The average Bonchev–Trinajstić information content (AvgIpc) is 2.51. The summed E-state index contributed by atoms with van der Waals surface area (Å²) in [7, 11) is -3.15. The molecule has 0 radical (unpaired) electrons. The van der Waals surface area contributed by atoms with Crippen molar-refractivity contribution in [3.63, 3.8) is 0 Å². The number of hydrogen-bond donors (Lipinski definition) is 1. The highest BCUT2D eigenvalue weighted by molar-refractivity contribution is 7.92. The topological polar surface area (TPSA) is 70.0 Å². The summed E-state index contributed by atoms with van der Waals surface area (Å²) in [6.07, 6.45) is -3.55. The van der Waals surface area contributed by atoms with E-state index in [1.165, 1.54) is 0 Å². The lowest BCUT2D eigenvalue weighted by molar-refractivity contribution is -0.157. The quantitative estimate of drug-likeness (QED) is 0.822. The molecule has 0 aliphatic carbocycles. The largest absolute Gasteiger partial charge is 0.405 e. The summed E-state index contributed by atoms with van der Waals surface area (Å²) in [6, 6.07) is 1.15. The minimum Gasteiger partial charge on any atom is -0.314 e. The Bertz CT molecular complexity index is 399. The zero-order valence-corrected chi connectivity index (χ0v) is 9.81. The molecule has 0 amide bonds. The number of rotatable bonds is 4. The molecule has 2 atom stereocenters. The van der Waals surface area contributed by atoms with E-state index in [1.54, 1.807) is 0 Å². The van der Waals surface area contributed by atoms with Gasteiger partial charge in [0.05, 0.1) is 17.1 Å². The second kappa shape index (κ2) is 5.23. The third-order valence-corrected chi connectivity index (χ3v) is 5.01. The maximum Gasteiger partial charge on any atom is 0.405 e. The highest BCUT2D eigenvalue weighted by Gasteiger charge is 2.40. The average molecular weight is 270 g/mol. The van der Waals surface area contributed by atoms with Gasteiger partial charge < -0.3 is 5.32 Å². The Hall–Kier alpha value is -0.810. The van der Waals surface area contributed by atoms with Crippen LogP contribution in [0, 0.1) is 17.2 Å². The molecule has 1 aliphatic heterocycles. The molecule has 0 bridgehead atoms. The number of sulfone groups is 1. The molecule has 0 aromatic rings. The van der Waals surface area contributed by atoms with Gasteiger partial charge in [-0.25, -0.2) is 8.42 Å². The molecule has 1 saturated heterocycles. The molecular formula is C9H13F3N2O2S. The van der Waals surface area contributed by atoms with Crippen molar-refractivity contribution in [1.82, 2.24) is 5.32 Å². The van der Waals surface area contributed by atoms with Crippen molar-refractivity contribution in [2.75, 3.05) is 18.8 Å². The molecule has 17 heavy (non-hydrogen) atoms. The third kappa shape index (κ3) is 3.85. The summed E-state index contributed by atoms with van der Waals surface area (Å²) in [4.78, 5) is 0. The highest BCUT2D eigenvalue weighted by atomic mass is 32.2. The molecule has 0 aromatic heterocycles. The molecule has 0 spiro atoms. The van der Waals surface area contributed by atoms with E-state index in [0.717, 1.165) is 6.07 Å². The zero-order valence-electron chi connectivity index (χ0n) is 9.00. The fourth-order valence-corrected chi connectivity index (χ4v) is 3.51. The van der Waals surface area contributed by atoms with Crippen LogP contribution in [0.3, 0.4) is 0 Å². The fourth-order valence-electron chi connectivity index (χ4n) is 1.71. The van der Waals surface area contributed by atoms with Crippen LogP contribution < -0.4 is 5.32 Å². The van der Waals surface area contributed by atoms with E-state index in [2.05, 4.69) is 5.32 Å². The van der Waals surface area contributed by atoms with Gasteiger partial charge in [0.2, 0.25) is 0 Å². The van der Waals surface area contributed by atoms with Gasteiger partial charge in [-0.05, 0) is 12.8 Å². The van der Waals surface area contributed by atoms with Gasteiger partial charge in [0.1, 0.15) is 0 Å². The van der Waals surface area contributed by atoms with Crippen LogP contribution in [0.2, 0.25) is 0 Å². The van der Waals surface area contributed by atoms with E-state index < -0.39 is 33.7 Å². The Morgan fingerprint density at radius 1 is 1.47 bits per heavy atom. The van der Waals surface area contributed by atoms with E-state index in [4.69, 9.17) is 5.26 Å². The first-order chi connectivity index (χ1) is 7.77. The highest BCUT2D eigenvalue weighted by Crippen LogP contribution is 2.25. The Labute approximate surface area is 97.7 Å². The Balaban J connectivity index is 2.41. The van der Waals surface area contributed by atoms with Gasteiger partial charge in [0.25, 0.3) is 0 Å². The van der Waals surface area contributed by atoms with Gasteiger partial charge in [-0.1, -0.05) is 0 Å². The lowest BCUT2D eigenvalue weighted by Gasteiger charge is -2.15. The molecular weight excluding hydrogens is 257 g/mol. The number of nitrogens with zero attached hydrogens (tertiary/aromatic N) is 1.